The van der Waals surface area contributed by atoms with Gasteiger partial charge in [0.05, 0.1) is 5.69 Å². The first kappa shape index (κ1) is 18.3. The van der Waals surface area contributed by atoms with Gasteiger partial charge >= 0.3 is 0 Å². The van der Waals surface area contributed by atoms with Crippen LogP contribution in [0.15, 0.2) is 36.4 Å². The molecular weight excluding hydrogens is 341 g/mol. The van der Waals surface area contributed by atoms with Gasteiger partial charge in [-0.2, -0.15) is 0 Å². The Morgan fingerprint density at radius 3 is 2.50 bits per heavy atom. The van der Waals surface area contributed by atoms with Gasteiger partial charge < -0.3 is 10.6 Å². The van der Waals surface area contributed by atoms with Gasteiger partial charge in [0, 0.05) is 10.6 Å². The molecule has 0 aromatic heterocycles. The molecule has 0 saturated carbocycles. The first-order chi connectivity index (χ1) is 11.3. The first-order valence-corrected chi connectivity index (χ1v) is 7.72. The van der Waals surface area contributed by atoms with Gasteiger partial charge in [0.15, 0.2) is 23.5 Å². The molecule has 0 unspecified atom stereocenters. The number of amides is 1. The Morgan fingerprint density at radius 2 is 1.83 bits per heavy atom. The van der Waals surface area contributed by atoms with E-state index in [-0.39, 0.29) is 6.04 Å². The lowest BCUT2D eigenvalue weighted by Gasteiger charge is -2.17. The summed E-state index contributed by atoms with van der Waals surface area (Å²) in [6, 6.07) is 8.33. The van der Waals surface area contributed by atoms with Gasteiger partial charge in [-0.25, -0.2) is 13.2 Å². The fraction of sp³-hybridized carbons (Fsp3) is 0.235. The van der Waals surface area contributed by atoms with Crippen molar-refractivity contribution in [3.8, 4) is 0 Å². The second-order valence-corrected chi connectivity index (χ2v) is 5.97. The average Bonchev–Trinajstić information content (AvgIpc) is 2.55. The molecule has 0 aliphatic heterocycles. The zero-order valence-electron chi connectivity index (χ0n) is 13.1. The lowest BCUT2D eigenvalue weighted by atomic mass is 10.1. The van der Waals surface area contributed by atoms with Crippen molar-refractivity contribution in [3.05, 3.63) is 64.4 Å². The predicted molar refractivity (Wildman–Crippen MR) is 86.2 cm³/mol. The van der Waals surface area contributed by atoms with E-state index in [1.807, 2.05) is 19.1 Å². The van der Waals surface area contributed by atoms with Crippen LogP contribution in [0.4, 0.5) is 18.9 Å². The summed E-state index contributed by atoms with van der Waals surface area (Å²) in [6.07, 6.45) is 0. The molecule has 0 radical (unpaired) electrons. The molecule has 0 aliphatic rings. The molecular formula is C17H17ClF3N2O+. The molecule has 0 spiro atoms. The highest BCUT2D eigenvalue weighted by Crippen LogP contribution is 2.19. The Labute approximate surface area is 142 Å². The van der Waals surface area contributed by atoms with Crippen LogP contribution in [0.25, 0.3) is 0 Å². The maximum absolute atomic E-state index is 13.6. The van der Waals surface area contributed by atoms with Crippen LogP contribution in [0.3, 0.4) is 0 Å². The number of hydrogen-bond acceptors (Lipinski definition) is 1. The molecule has 0 fully saturated rings. The van der Waals surface area contributed by atoms with E-state index in [1.54, 1.807) is 24.4 Å². The SMILES string of the molecule is C[C@@H]([NH2+][C@H](C)c1cccc(Cl)c1)C(=O)Nc1ccc(F)c(F)c1F. The molecule has 2 aromatic rings. The van der Waals surface area contributed by atoms with E-state index in [4.69, 9.17) is 11.6 Å². The average molecular weight is 358 g/mol. The van der Waals surface area contributed by atoms with Gasteiger partial charge in [0.1, 0.15) is 6.04 Å². The van der Waals surface area contributed by atoms with Crippen LogP contribution < -0.4 is 10.6 Å². The van der Waals surface area contributed by atoms with E-state index in [9.17, 15) is 18.0 Å². The van der Waals surface area contributed by atoms with E-state index in [0.29, 0.717) is 5.02 Å². The normalized spacial score (nSPS) is 13.4. The highest BCUT2D eigenvalue weighted by molar-refractivity contribution is 6.30. The predicted octanol–water partition coefficient (Wildman–Crippen LogP) is 3.41. The molecule has 128 valence electrons. The first-order valence-electron chi connectivity index (χ1n) is 7.34. The highest BCUT2D eigenvalue weighted by atomic mass is 35.5. The van der Waals surface area contributed by atoms with Crippen molar-refractivity contribution in [2.75, 3.05) is 5.32 Å². The highest BCUT2D eigenvalue weighted by Gasteiger charge is 2.23. The summed E-state index contributed by atoms with van der Waals surface area (Å²) in [6.45, 7) is 3.53. The summed E-state index contributed by atoms with van der Waals surface area (Å²) in [7, 11) is 0. The van der Waals surface area contributed by atoms with Crippen LogP contribution >= 0.6 is 11.6 Å². The number of rotatable bonds is 5. The topological polar surface area (TPSA) is 45.7 Å². The van der Waals surface area contributed by atoms with Crippen LogP contribution in [0, 0.1) is 17.5 Å². The smallest absolute Gasteiger partial charge is 0.282 e. The van der Waals surface area contributed by atoms with Crippen molar-refractivity contribution in [3.63, 3.8) is 0 Å². The second-order valence-electron chi connectivity index (χ2n) is 5.54. The molecule has 2 atom stereocenters. The summed E-state index contributed by atoms with van der Waals surface area (Å²) in [5.41, 5.74) is 0.538. The number of nitrogens with one attached hydrogen (secondary N) is 1. The van der Waals surface area contributed by atoms with Crippen molar-refractivity contribution in [2.45, 2.75) is 25.9 Å². The molecule has 0 aliphatic carbocycles. The molecule has 24 heavy (non-hydrogen) atoms. The third-order valence-electron chi connectivity index (χ3n) is 3.66. The number of anilines is 1. The minimum absolute atomic E-state index is 0.0701. The van der Waals surface area contributed by atoms with Crippen LogP contribution in [0.2, 0.25) is 5.02 Å². The maximum atomic E-state index is 13.6. The van der Waals surface area contributed by atoms with E-state index < -0.39 is 35.1 Å². The molecule has 3 N–H and O–H groups in total. The van der Waals surface area contributed by atoms with Crippen molar-refractivity contribution in [2.24, 2.45) is 0 Å². The Hall–Kier alpha value is -2.05. The van der Waals surface area contributed by atoms with E-state index >= 15 is 0 Å². The summed E-state index contributed by atoms with van der Waals surface area (Å²) in [5.74, 6) is -4.86. The van der Waals surface area contributed by atoms with Crippen LogP contribution in [0.1, 0.15) is 25.5 Å². The number of carbonyl (C=O) groups is 1. The summed E-state index contributed by atoms with van der Waals surface area (Å²) >= 11 is 5.94. The molecule has 0 heterocycles. The quantitative estimate of drug-likeness (QED) is 0.791. The van der Waals surface area contributed by atoms with E-state index in [2.05, 4.69) is 5.32 Å². The van der Waals surface area contributed by atoms with Gasteiger partial charge in [-0.1, -0.05) is 23.7 Å². The molecule has 0 saturated heterocycles. The van der Waals surface area contributed by atoms with Gasteiger partial charge in [0.2, 0.25) is 0 Å². The summed E-state index contributed by atoms with van der Waals surface area (Å²) in [4.78, 5) is 12.1. The second kappa shape index (κ2) is 7.68. The zero-order valence-corrected chi connectivity index (χ0v) is 13.9. The van der Waals surface area contributed by atoms with Crippen LogP contribution in [0.5, 0.6) is 0 Å². The van der Waals surface area contributed by atoms with Crippen molar-refractivity contribution in [1.82, 2.24) is 0 Å². The minimum Gasteiger partial charge on any atom is -0.330 e. The summed E-state index contributed by atoms with van der Waals surface area (Å²) < 4.78 is 39.7. The van der Waals surface area contributed by atoms with Gasteiger partial charge in [-0.3, -0.25) is 4.79 Å². The number of halogens is 4. The van der Waals surface area contributed by atoms with Crippen molar-refractivity contribution in [1.29, 1.82) is 0 Å². The van der Waals surface area contributed by atoms with Crippen LogP contribution in [-0.2, 0) is 4.79 Å². The number of benzene rings is 2. The molecule has 7 heteroatoms. The molecule has 2 aromatic carbocycles. The fourth-order valence-electron chi connectivity index (χ4n) is 2.29. The molecule has 2 rings (SSSR count). The third kappa shape index (κ3) is 4.27. The van der Waals surface area contributed by atoms with Gasteiger partial charge in [0.25, 0.3) is 5.91 Å². The summed E-state index contributed by atoms with van der Waals surface area (Å²) in [5, 5.41) is 4.62. The Kier molecular flexibility index (Phi) is 5.85. The number of nitrogens with two attached hydrogens (primary N) is 1. The molecule has 3 nitrogen and oxygen atoms in total. The third-order valence-corrected chi connectivity index (χ3v) is 3.89. The van der Waals surface area contributed by atoms with Crippen molar-refractivity contribution < 1.29 is 23.3 Å². The molecule has 1 amide bonds. The molecule has 0 bridgehead atoms. The van der Waals surface area contributed by atoms with Gasteiger partial charge in [-0.05, 0) is 38.1 Å². The maximum Gasteiger partial charge on any atom is 0.282 e. The number of carbonyl (C=O) groups excluding carboxylic acids is 1. The van der Waals surface area contributed by atoms with Crippen LogP contribution in [-0.4, -0.2) is 11.9 Å². The van der Waals surface area contributed by atoms with Crippen molar-refractivity contribution >= 4 is 23.2 Å². The Bertz CT molecular complexity index is 755. The monoisotopic (exact) mass is 357 g/mol. The largest absolute Gasteiger partial charge is 0.330 e. The Morgan fingerprint density at radius 1 is 1.12 bits per heavy atom. The minimum atomic E-state index is -1.61. The number of hydrogen-bond donors (Lipinski definition) is 2. The van der Waals surface area contributed by atoms with E-state index in [1.165, 1.54) is 0 Å². The van der Waals surface area contributed by atoms with Gasteiger partial charge in [-0.15, -0.1) is 0 Å². The zero-order chi connectivity index (χ0) is 17.9. The lowest BCUT2D eigenvalue weighted by molar-refractivity contribution is -0.709. The lowest BCUT2D eigenvalue weighted by Crippen LogP contribution is -2.91. The standard InChI is InChI=1S/C17H16ClF3N2O/c1-9(11-4-3-5-12(18)8-11)22-10(2)17(24)23-14-7-6-13(19)15(20)16(14)21/h3-10,22H,1-2H3,(H,23,24)/p+1/t9-,10-/m1/s1. The Balaban J connectivity index is 2.03. The van der Waals surface area contributed by atoms with E-state index in [0.717, 1.165) is 17.7 Å². The number of quaternary nitrogens is 1. The fourth-order valence-corrected chi connectivity index (χ4v) is 2.49.